The van der Waals surface area contributed by atoms with Gasteiger partial charge in [-0.15, -0.1) is 0 Å². The molecule has 64 valence electrons. The van der Waals surface area contributed by atoms with Crippen molar-refractivity contribution in [1.82, 2.24) is 0 Å². The predicted octanol–water partition coefficient (Wildman–Crippen LogP) is 2.02. The van der Waals surface area contributed by atoms with E-state index in [0.29, 0.717) is 12.3 Å². The highest BCUT2D eigenvalue weighted by Gasteiger charge is 2.03. The Balaban J connectivity index is 3.65. The fourth-order valence-electron chi connectivity index (χ4n) is 0.966. The minimum Gasteiger partial charge on any atom is -0.516 e. The highest BCUT2D eigenvalue weighted by Crippen LogP contribution is 2.07. The van der Waals surface area contributed by atoms with Crippen LogP contribution in [-0.4, -0.2) is 16.3 Å². The Morgan fingerprint density at radius 2 is 2.00 bits per heavy atom. The van der Waals surface area contributed by atoms with Crippen molar-refractivity contribution >= 4 is 0 Å². The number of allylic oxidation sites excluding steroid dienone is 2. The van der Waals surface area contributed by atoms with Gasteiger partial charge in [0.1, 0.15) is 0 Å². The van der Waals surface area contributed by atoms with E-state index >= 15 is 0 Å². The van der Waals surface area contributed by atoms with Crippen LogP contribution < -0.4 is 0 Å². The quantitative estimate of drug-likeness (QED) is 0.483. The molecule has 2 N–H and O–H groups in total. The Morgan fingerprint density at radius 1 is 1.36 bits per heavy atom. The molecule has 0 fully saturated rings. The van der Waals surface area contributed by atoms with Crippen molar-refractivity contribution in [2.75, 3.05) is 0 Å². The van der Waals surface area contributed by atoms with Gasteiger partial charge in [-0.3, -0.25) is 0 Å². The first-order valence-corrected chi connectivity index (χ1v) is 3.82. The molecule has 0 amide bonds. The molecule has 0 aromatic carbocycles. The Hall–Kier alpha value is -0.760. The van der Waals surface area contributed by atoms with Crippen molar-refractivity contribution in [2.45, 2.75) is 26.4 Å². The molecule has 0 aromatic heterocycles. The minimum atomic E-state index is -0.536. The molecule has 2 unspecified atom stereocenters. The van der Waals surface area contributed by atoms with Crippen LogP contribution in [0.5, 0.6) is 0 Å². The first kappa shape index (κ1) is 10.2. The molecule has 0 aliphatic heterocycles. The maximum atomic E-state index is 9.17. The SMILES string of the molecule is CC=CC(C)CC(O)C=CO. The van der Waals surface area contributed by atoms with E-state index in [1.54, 1.807) is 0 Å². The number of aliphatic hydroxyl groups is 2. The summed E-state index contributed by atoms with van der Waals surface area (Å²) >= 11 is 0. The average Bonchev–Trinajstić information content (AvgIpc) is 1.87. The summed E-state index contributed by atoms with van der Waals surface area (Å²) < 4.78 is 0. The van der Waals surface area contributed by atoms with E-state index in [4.69, 9.17) is 10.2 Å². The lowest BCUT2D eigenvalue weighted by Crippen LogP contribution is -2.06. The number of rotatable bonds is 4. The molecule has 2 atom stereocenters. The third kappa shape index (κ3) is 5.67. The lowest BCUT2D eigenvalue weighted by atomic mass is 10.0. The van der Waals surface area contributed by atoms with Crippen molar-refractivity contribution in [3.05, 3.63) is 24.5 Å². The van der Waals surface area contributed by atoms with Gasteiger partial charge in [0, 0.05) is 0 Å². The van der Waals surface area contributed by atoms with E-state index < -0.39 is 6.10 Å². The highest BCUT2D eigenvalue weighted by atomic mass is 16.3. The molecule has 0 saturated carbocycles. The van der Waals surface area contributed by atoms with E-state index in [1.165, 1.54) is 6.08 Å². The van der Waals surface area contributed by atoms with Gasteiger partial charge in [0.2, 0.25) is 0 Å². The second kappa shape index (κ2) is 5.98. The Kier molecular flexibility index (Phi) is 5.57. The number of aliphatic hydroxyl groups excluding tert-OH is 2. The fourth-order valence-corrected chi connectivity index (χ4v) is 0.966. The molecule has 0 rings (SSSR count). The molecule has 0 saturated heterocycles. The van der Waals surface area contributed by atoms with Crippen molar-refractivity contribution < 1.29 is 10.2 Å². The van der Waals surface area contributed by atoms with Gasteiger partial charge in [0.25, 0.3) is 0 Å². The Morgan fingerprint density at radius 3 is 2.45 bits per heavy atom. The molecule has 0 aromatic rings. The van der Waals surface area contributed by atoms with Crippen LogP contribution in [0.4, 0.5) is 0 Å². The summed E-state index contributed by atoms with van der Waals surface area (Å²) in [7, 11) is 0. The molecule has 2 heteroatoms. The fraction of sp³-hybridized carbons (Fsp3) is 0.556. The first-order chi connectivity index (χ1) is 5.20. The van der Waals surface area contributed by atoms with Gasteiger partial charge in [-0.2, -0.15) is 0 Å². The lowest BCUT2D eigenvalue weighted by molar-refractivity contribution is 0.197. The molecule has 2 nitrogen and oxygen atoms in total. The zero-order chi connectivity index (χ0) is 8.69. The highest BCUT2D eigenvalue weighted by molar-refractivity contribution is 4.89. The van der Waals surface area contributed by atoms with Crippen LogP contribution in [0.15, 0.2) is 24.5 Å². The zero-order valence-electron chi connectivity index (χ0n) is 7.07. The topological polar surface area (TPSA) is 40.5 Å². The molecule has 0 aliphatic carbocycles. The summed E-state index contributed by atoms with van der Waals surface area (Å²) in [5.41, 5.74) is 0. The minimum absolute atomic E-state index is 0.353. The van der Waals surface area contributed by atoms with Gasteiger partial charge in [0.05, 0.1) is 12.4 Å². The second-order valence-electron chi connectivity index (χ2n) is 2.65. The Labute approximate surface area is 67.9 Å². The molecular formula is C9H16O2. The molecule has 11 heavy (non-hydrogen) atoms. The van der Waals surface area contributed by atoms with E-state index in [0.717, 1.165) is 6.26 Å². The summed E-state index contributed by atoms with van der Waals surface area (Å²) in [6.07, 6.45) is 6.36. The van der Waals surface area contributed by atoms with Gasteiger partial charge >= 0.3 is 0 Å². The third-order valence-corrected chi connectivity index (χ3v) is 1.44. The van der Waals surface area contributed by atoms with E-state index in [-0.39, 0.29) is 0 Å². The van der Waals surface area contributed by atoms with Crippen LogP contribution in [0.2, 0.25) is 0 Å². The van der Waals surface area contributed by atoms with Crippen LogP contribution in [0.25, 0.3) is 0 Å². The zero-order valence-corrected chi connectivity index (χ0v) is 7.07. The summed E-state index contributed by atoms with van der Waals surface area (Å²) in [6, 6.07) is 0. The van der Waals surface area contributed by atoms with E-state index in [2.05, 4.69) is 0 Å². The molecule has 0 spiro atoms. The maximum absolute atomic E-state index is 9.17. The molecule has 0 aliphatic rings. The monoisotopic (exact) mass is 156 g/mol. The number of hydrogen-bond acceptors (Lipinski definition) is 2. The average molecular weight is 156 g/mol. The van der Waals surface area contributed by atoms with Crippen LogP contribution in [-0.2, 0) is 0 Å². The van der Waals surface area contributed by atoms with E-state index in [9.17, 15) is 0 Å². The van der Waals surface area contributed by atoms with Crippen molar-refractivity contribution in [3.8, 4) is 0 Å². The van der Waals surface area contributed by atoms with Gasteiger partial charge in [-0.25, -0.2) is 0 Å². The summed E-state index contributed by atoms with van der Waals surface area (Å²) in [5.74, 6) is 0.353. The van der Waals surface area contributed by atoms with Crippen molar-refractivity contribution in [1.29, 1.82) is 0 Å². The van der Waals surface area contributed by atoms with Gasteiger partial charge in [0.15, 0.2) is 0 Å². The Bertz CT molecular complexity index is 122. The lowest BCUT2D eigenvalue weighted by Gasteiger charge is -2.08. The van der Waals surface area contributed by atoms with Crippen LogP contribution >= 0.6 is 0 Å². The standard InChI is InChI=1S/C9H16O2/c1-3-4-8(2)7-9(11)5-6-10/h3-6,8-11H,7H2,1-2H3. The van der Waals surface area contributed by atoms with Crippen LogP contribution in [0, 0.1) is 5.92 Å². The molecular weight excluding hydrogens is 140 g/mol. The number of hydrogen-bond donors (Lipinski definition) is 2. The normalized spacial score (nSPS) is 17.7. The summed E-state index contributed by atoms with van der Waals surface area (Å²) in [5, 5.41) is 17.5. The molecule has 0 heterocycles. The van der Waals surface area contributed by atoms with Crippen molar-refractivity contribution in [3.63, 3.8) is 0 Å². The van der Waals surface area contributed by atoms with Gasteiger partial charge in [-0.1, -0.05) is 19.1 Å². The van der Waals surface area contributed by atoms with E-state index in [1.807, 2.05) is 26.0 Å². The third-order valence-electron chi connectivity index (χ3n) is 1.44. The molecule has 0 radical (unpaired) electrons. The largest absolute Gasteiger partial charge is 0.516 e. The summed E-state index contributed by atoms with van der Waals surface area (Å²) in [4.78, 5) is 0. The van der Waals surface area contributed by atoms with Gasteiger partial charge in [-0.05, 0) is 25.3 Å². The van der Waals surface area contributed by atoms with Crippen LogP contribution in [0.3, 0.4) is 0 Å². The smallest absolute Gasteiger partial charge is 0.0777 e. The molecule has 0 bridgehead atoms. The van der Waals surface area contributed by atoms with Crippen molar-refractivity contribution in [2.24, 2.45) is 5.92 Å². The van der Waals surface area contributed by atoms with Crippen LogP contribution in [0.1, 0.15) is 20.3 Å². The first-order valence-electron chi connectivity index (χ1n) is 3.82. The summed E-state index contributed by atoms with van der Waals surface area (Å²) in [6.45, 7) is 3.97. The van der Waals surface area contributed by atoms with Gasteiger partial charge < -0.3 is 10.2 Å². The predicted molar refractivity (Wildman–Crippen MR) is 46.4 cm³/mol. The second-order valence-corrected chi connectivity index (χ2v) is 2.65. The maximum Gasteiger partial charge on any atom is 0.0777 e.